The summed E-state index contributed by atoms with van der Waals surface area (Å²) >= 11 is 4.94. The Labute approximate surface area is 92.8 Å². The highest BCUT2D eigenvalue weighted by molar-refractivity contribution is 7.80. The fraction of sp³-hybridized carbons (Fsp3) is 0.909. The van der Waals surface area contributed by atoms with Gasteiger partial charge in [-0.3, -0.25) is 0 Å². The summed E-state index contributed by atoms with van der Waals surface area (Å²) in [6, 6.07) is 0.517. The molecule has 1 unspecified atom stereocenters. The first-order valence-electron chi connectivity index (χ1n) is 5.43. The van der Waals surface area contributed by atoms with Crippen molar-refractivity contribution >= 4 is 17.2 Å². The molecule has 1 aliphatic rings. The molecule has 0 aliphatic carbocycles. The maximum Gasteiger partial charge on any atom is 0.0742 e. The maximum atomic E-state index is 5.56. The van der Waals surface area contributed by atoms with Gasteiger partial charge in [0.05, 0.1) is 4.99 Å². The highest BCUT2D eigenvalue weighted by Gasteiger charge is 2.27. The van der Waals surface area contributed by atoms with Crippen molar-refractivity contribution in [1.29, 1.82) is 0 Å². The van der Waals surface area contributed by atoms with Crippen LogP contribution in [0.15, 0.2) is 0 Å². The quantitative estimate of drug-likeness (QED) is 0.730. The predicted molar refractivity (Wildman–Crippen MR) is 65.5 cm³/mol. The molecule has 82 valence electrons. The fourth-order valence-corrected chi connectivity index (χ4v) is 2.23. The Morgan fingerprint density at radius 3 is 2.36 bits per heavy atom. The van der Waals surface area contributed by atoms with Crippen molar-refractivity contribution in [3.8, 4) is 0 Å². The molecule has 1 fully saturated rings. The van der Waals surface area contributed by atoms with E-state index in [1.165, 1.54) is 25.9 Å². The number of hydrogen-bond acceptors (Lipinski definition) is 2. The van der Waals surface area contributed by atoms with E-state index in [1.807, 2.05) is 0 Å². The first kappa shape index (κ1) is 11.9. The molecule has 0 aromatic heterocycles. The Bertz CT molecular complexity index is 203. The van der Waals surface area contributed by atoms with E-state index < -0.39 is 0 Å². The average Bonchev–Trinajstić information content (AvgIpc) is 2.02. The molecule has 0 spiro atoms. The van der Waals surface area contributed by atoms with Crippen LogP contribution < -0.4 is 5.73 Å². The van der Waals surface area contributed by atoms with E-state index in [2.05, 4.69) is 25.7 Å². The van der Waals surface area contributed by atoms with E-state index in [9.17, 15) is 0 Å². The van der Waals surface area contributed by atoms with Crippen molar-refractivity contribution in [3.63, 3.8) is 0 Å². The molecule has 2 nitrogen and oxygen atoms in total. The van der Waals surface area contributed by atoms with Gasteiger partial charge in [-0.05, 0) is 38.3 Å². The summed E-state index contributed by atoms with van der Waals surface area (Å²) in [6.07, 6.45) is 3.43. The highest BCUT2D eigenvalue weighted by atomic mass is 32.1. The van der Waals surface area contributed by atoms with Crippen LogP contribution in [0.5, 0.6) is 0 Å². The Balaban J connectivity index is 2.37. The lowest BCUT2D eigenvalue weighted by Crippen LogP contribution is -2.43. The third-order valence-corrected chi connectivity index (χ3v) is 3.44. The summed E-state index contributed by atoms with van der Waals surface area (Å²) in [5.41, 5.74) is 6.09. The average molecular weight is 214 g/mol. The van der Waals surface area contributed by atoms with Gasteiger partial charge in [0.1, 0.15) is 0 Å². The lowest BCUT2D eigenvalue weighted by Gasteiger charge is -2.39. The van der Waals surface area contributed by atoms with Crippen LogP contribution in [0.1, 0.15) is 40.0 Å². The largest absolute Gasteiger partial charge is 0.393 e. The summed E-state index contributed by atoms with van der Waals surface area (Å²) in [7, 11) is 0. The Kier molecular flexibility index (Phi) is 3.90. The molecule has 3 heteroatoms. The molecule has 1 rings (SSSR count). The van der Waals surface area contributed by atoms with Crippen molar-refractivity contribution in [2.45, 2.75) is 46.1 Å². The standard InChI is InChI=1S/C11H22N2S/c1-9(8-10(12)14)13-6-4-11(2,3)5-7-13/h9H,4-8H2,1-3H3,(H2,12,14). The van der Waals surface area contributed by atoms with Gasteiger partial charge in [-0.2, -0.15) is 0 Å². The van der Waals surface area contributed by atoms with Gasteiger partial charge in [0, 0.05) is 12.5 Å². The van der Waals surface area contributed by atoms with Crippen LogP contribution in [-0.4, -0.2) is 29.0 Å². The van der Waals surface area contributed by atoms with E-state index in [0.29, 0.717) is 16.4 Å². The van der Waals surface area contributed by atoms with Crippen LogP contribution in [0.3, 0.4) is 0 Å². The first-order chi connectivity index (χ1) is 6.41. The minimum absolute atomic E-state index is 0.517. The summed E-state index contributed by atoms with van der Waals surface area (Å²) in [5, 5.41) is 0. The molecule has 2 N–H and O–H groups in total. The van der Waals surface area contributed by atoms with Crippen LogP contribution in [0.2, 0.25) is 0 Å². The van der Waals surface area contributed by atoms with E-state index in [-0.39, 0.29) is 0 Å². The summed E-state index contributed by atoms with van der Waals surface area (Å²) in [6.45, 7) is 9.30. The van der Waals surface area contributed by atoms with Gasteiger partial charge in [-0.15, -0.1) is 0 Å². The summed E-state index contributed by atoms with van der Waals surface area (Å²) in [4.78, 5) is 3.15. The van der Waals surface area contributed by atoms with Crippen LogP contribution in [-0.2, 0) is 0 Å². The second-order valence-corrected chi connectivity index (χ2v) is 5.74. The zero-order chi connectivity index (χ0) is 10.8. The Hall–Kier alpha value is -0.150. The minimum Gasteiger partial charge on any atom is -0.393 e. The number of piperidine rings is 1. The van der Waals surface area contributed by atoms with Gasteiger partial charge < -0.3 is 10.6 Å². The van der Waals surface area contributed by atoms with Crippen LogP contribution in [0, 0.1) is 5.41 Å². The Morgan fingerprint density at radius 1 is 1.43 bits per heavy atom. The lowest BCUT2D eigenvalue weighted by atomic mass is 9.82. The third kappa shape index (κ3) is 3.54. The normalized spacial score (nSPS) is 24.5. The molecule has 0 radical (unpaired) electrons. The monoisotopic (exact) mass is 214 g/mol. The van der Waals surface area contributed by atoms with Gasteiger partial charge in [-0.1, -0.05) is 26.1 Å². The summed E-state index contributed by atoms with van der Waals surface area (Å²) in [5.74, 6) is 0. The molecule has 0 saturated carbocycles. The molecule has 1 heterocycles. The second-order valence-electron chi connectivity index (χ2n) is 5.22. The number of hydrogen-bond donors (Lipinski definition) is 1. The van der Waals surface area contributed by atoms with Crippen molar-refractivity contribution in [3.05, 3.63) is 0 Å². The molecule has 0 aromatic carbocycles. The maximum absolute atomic E-state index is 5.56. The van der Waals surface area contributed by atoms with Gasteiger partial charge in [0.25, 0.3) is 0 Å². The van der Waals surface area contributed by atoms with E-state index >= 15 is 0 Å². The molecule has 0 bridgehead atoms. The first-order valence-corrected chi connectivity index (χ1v) is 5.84. The number of nitrogens with zero attached hydrogens (tertiary/aromatic N) is 1. The molecule has 1 saturated heterocycles. The van der Waals surface area contributed by atoms with Gasteiger partial charge in [-0.25, -0.2) is 0 Å². The predicted octanol–water partition coefficient (Wildman–Crippen LogP) is 2.17. The number of thiocarbonyl (C=S) groups is 1. The third-order valence-electron chi connectivity index (χ3n) is 3.27. The summed E-state index contributed by atoms with van der Waals surface area (Å²) < 4.78 is 0. The molecule has 0 aromatic rings. The second kappa shape index (κ2) is 4.58. The van der Waals surface area contributed by atoms with Gasteiger partial charge in [0.15, 0.2) is 0 Å². The van der Waals surface area contributed by atoms with Gasteiger partial charge >= 0.3 is 0 Å². The zero-order valence-electron chi connectivity index (χ0n) is 9.55. The van der Waals surface area contributed by atoms with E-state index in [4.69, 9.17) is 18.0 Å². The fourth-order valence-electron chi connectivity index (χ4n) is 1.99. The molecule has 0 amide bonds. The molecular weight excluding hydrogens is 192 g/mol. The van der Waals surface area contributed by atoms with Crippen LogP contribution in [0.25, 0.3) is 0 Å². The smallest absolute Gasteiger partial charge is 0.0742 e. The Morgan fingerprint density at radius 2 is 1.93 bits per heavy atom. The van der Waals surface area contributed by atoms with Gasteiger partial charge in [0.2, 0.25) is 0 Å². The van der Waals surface area contributed by atoms with E-state index in [1.54, 1.807) is 0 Å². The van der Waals surface area contributed by atoms with Crippen molar-refractivity contribution in [1.82, 2.24) is 4.90 Å². The number of likely N-dealkylation sites (tertiary alicyclic amines) is 1. The van der Waals surface area contributed by atoms with Crippen LogP contribution in [0.4, 0.5) is 0 Å². The zero-order valence-corrected chi connectivity index (χ0v) is 10.4. The lowest BCUT2D eigenvalue weighted by molar-refractivity contribution is 0.103. The number of nitrogens with two attached hydrogens (primary N) is 1. The SMILES string of the molecule is CC(CC(N)=S)N1CCC(C)(C)CC1. The van der Waals surface area contributed by atoms with Crippen molar-refractivity contribution < 1.29 is 0 Å². The minimum atomic E-state index is 0.517. The molecule has 1 atom stereocenters. The van der Waals surface area contributed by atoms with E-state index in [0.717, 1.165) is 6.42 Å². The molecule has 1 aliphatic heterocycles. The topological polar surface area (TPSA) is 29.3 Å². The molecular formula is C11H22N2S. The van der Waals surface area contributed by atoms with Crippen molar-refractivity contribution in [2.24, 2.45) is 11.1 Å². The molecule has 14 heavy (non-hydrogen) atoms. The van der Waals surface area contributed by atoms with Crippen molar-refractivity contribution in [2.75, 3.05) is 13.1 Å². The highest BCUT2D eigenvalue weighted by Crippen LogP contribution is 2.30. The number of rotatable bonds is 3. The van der Waals surface area contributed by atoms with Crippen LogP contribution >= 0.6 is 12.2 Å².